The fourth-order valence-electron chi connectivity index (χ4n) is 2.74. The average Bonchev–Trinajstić information content (AvgIpc) is 2.46. The first-order valence-corrected chi connectivity index (χ1v) is 6.88. The van der Waals surface area contributed by atoms with Crippen molar-refractivity contribution in [2.75, 3.05) is 7.11 Å². The van der Waals surface area contributed by atoms with Gasteiger partial charge in [-0.1, -0.05) is 30.3 Å². The smallest absolute Gasteiger partial charge is 0.407 e. The quantitative estimate of drug-likeness (QED) is 0.927. The number of halogens is 2. The van der Waals surface area contributed by atoms with Crippen molar-refractivity contribution < 1.29 is 23.4 Å². The van der Waals surface area contributed by atoms with Gasteiger partial charge in [-0.3, -0.25) is 0 Å². The highest BCUT2D eigenvalue weighted by atomic mass is 19.3. The molecule has 0 bridgehead atoms. The second kappa shape index (κ2) is 6.39. The molecule has 0 heterocycles. The van der Waals surface area contributed by atoms with Crippen LogP contribution < -0.4 is 0 Å². The van der Waals surface area contributed by atoms with E-state index in [0.717, 1.165) is 5.56 Å². The predicted molar refractivity (Wildman–Crippen MR) is 73.4 cm³/mol. The zero-order valence-electron chi connectivity index (χ0n) is 11.8. The number of methoxy groups -OCH3 is 1. The van der Waals surface area contributed by atoms with E-state index in [-0.39, 0.29) is 25.8 Å². The van der Waals surface area contributed by atoms with Crippen molar-refractivity contribution in [3.05, 3.63) is 35.9 Å². The fourth-order valence-corrected chi connectivity index (χ4v) is 2.74. The van der Waals surface area contributed by atoms with Crippen LogP contribution >= 0.6 is 0 Å². The maximum Gasteiger partial charge on any atom is 0.407 e. The van der Waals surface area contributed by atoms with E-state index in [1.807, 2.05) is 30.3 Å². The zero-order valence-corrected chi connectivity index (χ0v) is 11.8. The molecule has 1 aliphatic rings. The van der Waals surface area contributed by atoms with Crippen LogP contribution in [0.3, 0.4) is 0 Å². The van der Waals surface area contributed by atoms with Crippen molar-refractivity contribution >= 4 is 6.09 Å². The van der Waals surface area contributed by atoms with E-state index in [2.05, 4.69) is 0 Å². The molecule has 116 valence electrons. The Bertz CT molecular complexity index is 481. The summed E-state index contributed by atoms with van der Waals surface area (Å²) in [5, 5.41) is 9.37. The molecule has 2 rings (SSSR count). The predicted octanol–water partition coefficient (Wildman–Crippen LogP) is 3.37. The van der Waals surface area contributed by atoms with Crippen LogP contribution in [0.25, 0.3) is 0 Å². The molecule has 0 aliphatic heterocycles. The number of amides is 1. The number of nitrogens with zero attached hydrogens (tertiary/aromatic N) is 1. The molecule has 1 saturated carbocycles. The molecule has 0 aromatic heterocycles. The number of benzene rings is 1. The zero-order chi connectivity index (χ0) is 15.5. The summed E-state index contributed by atoms with van der Waals surface area (Å²) in [7, 11) is 1.24. The Morgan fingerprint density at radius 1 is 1.43 bits per heavy atom. The number of carboxylic acid groups (broad SMARTS) is 1. The second-order valence-corrected chi connectivity index (χ2v) is 5.31. The normalized spacial score (nSPS) is 24.5. The van der Waals surface area contributed by atoms with Crippen molar-refractivity contribution in [3.8, 4) is 0 Å². The van der Waals surface area contributed by atoms with Crippen LogP contribution in [0.2, 0.25) is 0 Å². The van der Waals surface area contributed by atoms with Crippen molar-refractivity contribution in [3.63, 3.8) is 0 Å². The van der Waals surface area contributed by atoms with Crippen LogP contribution in [0.1, 0.15) is 24.8 Å². The molecular formula is C15H19F2NO3. The summed E-state index contributed by atoms with van der Waals surface area (Å²) in [6.07, 6.45) is -2.51. The molecule has 1 aliphatic carbocycles. The van der Waals surface area contributed by atoms with Gasteiger partial charge in [-0.25, -0.2) is 13.6 Å². The highest BCUT2D eigenvalue weighted by Crippen LogP contribution is 2.37. The standard InChI is InChI=1S/C15H19F2NO3/c1-21-13-9-12(7-8-15(13,16)17)18(14(19)20)10-11-5-3-2-4-6-11/h2-6,12-13H,7-10H2,1H3,(H,19,20)/t12-,13-/m1/s1. The Kier molecular flexibility index (Phi) is 4.77. The lowest BCUT2D eigenvalue weighted by molar-refractivity contribution is -0.157. The summed E-state index contributed by atoms with van der Waals surface area (Å²) in [4.78, 5) is 12.7. The Hall–Kier alpha value is -1.69. The summed E-state index contributed by atoms with van der Waals surface area (Å²) >= 11 is 0. The van der Waals surface area contributed by atoms with Gasteiger partial charge in [0.05, 0.1) is 0 Å². The Balaban J connectivity index is 2.10. The number of carbonyl (C=O) groups is 1. The molecule has 2 atom stereocenters. The SMILES string of the molecule is CO[C@@H]1C[C@H](N(Cc2ccccc2)C(=O)O)CCC1(F)F. The molecule has 0 radical (unpaired) electrons. The molecule has 1 aromatic rings. The lowest BCUT2D eigenvalue weighted by atomic mass is 9.88. The number of rotatable bonds is 4. The van der Waals surface area contributed by atoms with Crippen LogP contribution in [0.15, 0.2) is 30.3 Å². The monoisotopic (exact) mass is 299 g/mol. The molecule has 1 amide bonds. The third-order valence-electron chi connectivity index (χ3n) is 3.93. The third-order valence-corrected chi connectivity index (χ3v) is 3.93. The molecule has 4 nitrogen and oxygen atoms in total. The van der Waals surface area contributed by atoms with Crippen LogP contribution in [0.4, 0.5) is 13.6 Å². The summed E-state index contributed by atoms with van der Waals surface area (Å²) in [6.45, 7) is 0.197. The number of hydrogen-bond donors (Lipinski definition) is 1. The second-order valence-electron chi connectivity index (χ2n) is 5.31. The van der Waals surface area contributed by atoms with Gasteiger partial charge < -0.3 is 14.7 Å². The van der Waals surface area contributed by atoms with E-state index in [9.17, 15) is 18.7 Å². The van der Waals surface area contributed by atoms with E-state index in [1.54, 1.807) is 0 Å². The summed E-state index contributed by atoms with van der Waals surface area (Å²) in [5.74, 6) is -2.89. The van der Waals surface area contributed by atoms with Gasteiger partial charge in [0.1, 0.15) is 6.10 Å². The number of alkyl halides is 2. The molecular weight excluding hydrogens is 280 g/mol. The molecule has 0 spiro atoms. The Morgan fingerprint density at radius 2 is 2.10 bits per heavy atom. The minimum absolute atomic E-state index is 0.0165. The number of hydrogen-bond acceptors (Lipinski definition) is 2. The van der Waals surface area contributed by atoms with Gasteiger partial charge in [-0.15, -0.1) is 0 Å². The van der Waals surface area contributed by atoms with Crippen LogP contribution in [-0.2, 0) is 11.3 Å². The average molecular weight is 299 g/mol. The van der Waals surface area contributed by atoms with Gasteiger partial charge in [-0.2, -0.15) is 0 Å². The van der Waals surface area contributed by atoms with E-state index < -0.39 is 24.2 Å². The van der Waals surface area contributed by atoms with Gasteiger partial charge in [-0.05, 0) is 12.0 Å². The van der Waals surface area contributed by atoms with E-state index in [0.29, 0.717) is 0 Å². The minimum atomic E-state index is -2.89. The van der Waals surface area contributed by atoms with E-state index in [4.69, 9.17) is 4.74 Å². The molecule has 6 heteroatoms. The van der Waals surface area contributed by atoms with Gasteiger partial charge in [0.15, 0.2) is 0 Å². The van der Waals surface area contributed by atoms with E-state index in [1.165, 1.54) is 12.0 Å². The fraction of sp³-hybridized carbons (Fsp3) is 0.533. The van der Waals surface area contributed by atoms with Gasteiger partial charge in [0, 0.05) is 32.5 Å². The van der Waals surface area contributed by atoms with Gasteiger partial charge in [0.2, 0.25) is 0 Å². The maximum atomic E-state index is 13.6. The minimum Gasteiger partial charge on any atom is -0.465 e. The van der Waals surface area contributed by atoms with Gasteiger partial charge in [0.25, 0.3) is 5.92 Å². The van der Waals surface area contributed by atoms with Crippen LogP contribution in [0, 0.1) is 0 Å². The van der Waals surface area contributed by atoms with Crippen molar-refractivity contribution in [2.45, 2.75) is 43.9 Å². The molecule has 0 saturated heterocycles. The van der Waals surface area contributed by atoms with Crippen molar-refractivity contribution in [1.82, 2.24) is 4.90 Å². The first-order valence-electron chi connectivity index (χ1n) is 6.88. The Morgan fingerprint density at radius 3 is 2.67 bits per heavy atom. The van der Waals surface area contributed by atoms with Crippen molar-refractivity contribution in [2.24, 2.45) is 0 Å². The summed E-state index contributed by atoms with van der Waals surface area (Å²) < 4.78 is 32.1. The maximum absolute atomic E-state index is 13.6. The topological polar surface area (TPSA) is 49.8 Å². The molecule has 1 aromatic carbocycles. The summed E-state index contributed by atoms with van der Waals surface area (Å²) in [6, 6.07) is 8.68. The van der Waals surface area contributed by atoms with E-state index >= 15 is 0 Å². The molecule has 21 heavy (non-hydrogen) atoms. The lowest BCUT2D eigenvalue weighted by Crippen LogP contribution is -2.50. The molecule has 1 fully saturated rings. The number of ether oxygens (including phenoxy) is 1. The van der Waals surface area contributed by atoms with Crippen LogP contribution in [-0.4, -0.2) is 41.3 Å². The largest absolute Gasteiger partial charge is 0.465 e. The first kappa shape index (κ1) is 15.7. The third kappa shape index (κ3) is 3.69. The highest BCUT2D eigenvalue weighted by Gasteiger charge is 2.46. The molecule has 0 unspecified atom stereocenters. The van der Waals surface area contributed by atoms with Crippen molar-refractivity contribution in [1.29, 1.82) is 0 Å². The lowest BCUT2D eigenvalue weighted by Gasteiger charge is -2.39. The first-order chi connectivity index (χ1) is 9.94. The van der Waals surface area contributed by atoms with Gasteiger partial charge >= 0.3 is 6.09 Å². The Labute approximate surface area is 122 Å². The van der Waals surface area contributed by atoms with Crippen LogP contribution in [0.5, 0.6) is 0 Å². The molecule has 1 N–H and O–H groups in total. The highest BCUT2D eigenvalue weighted by molar-refractivity contribution is 5.65. The summed E-state index contributed by atoms with van der Waals surface area (Å²) in [5.41, 5.74) is 0.839.